The van der Waals surface area contributed by atoms with Crippen LogP contribution in [0.2, 0.25) is 0 Å². The molecule has 4 aromatic rings. The Bertz CT molecular complexity index is 1420. The standard InChI is InChI=1S/C34H37N3O4/c1-3-4-5-6-7-19-41-30-17-15-26(16-18-30)29-22-35-32(36-23-29)27-13-11-25(12-14-27)21-31(34(39)40)37-33(38)28-10-8-9-24(2)20-28/h8-18,20,22-23,31H,3-7,19,21H2,1-2H3,(H,37,38)(H,39,40)/t31-/m0/s1. The van der Waals surface area contributed by atoms with Crippen molar-refractivity contribution in [1.82, 2.24) is 15.3 Å². The number of carbonyl (C=O) groups is 2. The van der Waals surface area contributed by atoms with Crippen LogP contribution in [0.3, 0.4) is 0 Å². The van der Waals surface area contributed by atoms with E-state index in [0.29, 0.717) is 11.4 Å². The maximum absolute atomic E-state index is 12.6. The van der Waals surface area contributed by atoms with E-state index in [1.807, 2.05) is 61.5 Å². The molecule has 7 nitrogen and oxygen atoms in total. The lowest BCUT2D eigenvalue weighted by molar-refractivity contribution is -0.139. The van der Waals surface area contributed by atoms with Crippen molar-refractivity contribution in [3.63, 3.8) is 0 Å². The van der Waals surface area contributed by atoms with Crippen molar-refractivity contribution in [1.29, 1.82) is 0 Å². The van der Waals surface area contributed by atoms with Crippen LogP contribution >= 0.6 is 0 Å². The van der Waals surface area contributed by atoms with Crippen LogP contribution < -0.4 is 10.1 Å². The van der Waals surface area contributed by atoms with Crippen LogP contribution in [-0.2, 0) is 11.2 Å². The predicted molar refractivity (Wildman–Crippen MR) is 161 cm³/mol. The summed E-state index contributed by atoms with van der Waals surface area (Å²) in [6.45, 7) is 4.83. The molecule has 0 bridgehead atoms. The molecule has 2 N–H and O–H groups in total. The molecule has 1 atom stereocenters. The molecule has 212 valence electrons. The quantitative estimate of drug-likeness (QED) is 0.165. The number of amides is 1. The van der Waals surface area contributed by atoms with Gasteiger partial charge in [0.25, 0.3) is 5.91 Å². The Labute approximate surface area is 241 Å². The summed E-state index contributed by atoms with van der Waals surface area (Å²) in [7, 11) is 0. The van der Waals surface area contributed by atoms with Crippen molar-refractivity contribution >= 4 is 11.9 Å². The number of ether oxygens (including phenoxy) is 1. The van der Waals surface area contributed by atoms with Crippen LogP contribution in [0, 0.1) is 6.92 Å². The summed E-state index contributed by atoms with van der Waals surface area (Å²) in [5.74, 6) is -0.0604. The highest BCUT2D eigenvalue weighted by molar-refractivity contribution is 5.96. The number of nitrogens with zero attached hydrogens (tertiary/aromatic N) is 2. The van der Waals surface area contributed by atoms with Gasteiger partial charge in [0.15, 0.2) is 5.82 Å². The lowest BCUT2D eigenvalue weighted by Crippen LogP contribution is -2.42. The molecule has 3 aromatic carbocycles. The SMILES string of the molecule is CCCCCCCOc1ccc(-c2cnc(-c3ccc(C[C@H](NC(=O)c4cccc(C)c4)C(=O)O)cc3)nc2)cc1. The lowest BCUT2D eigenvalue weighted by atomic mass is 10.0. The summed E-state index contributed by atoms with van der Waals surface area (Å²) >= 11 is 0. The van der Waals surface area contributed by atoms with Gasteiger partial charge in [-0.25, -0.2) is 14.8 Å². The van der Waals surface area contributed by atoms with Gasteiger partial charge in [-0.05, 0) is 48.7 Å². The number of nitrogens with one attached hydrogen (secondary N) is 1. The first kappa shape index (κ1) is 29.5. The molecule has 0 saturated heterocycles. The van der Waals surface area contributed by atoms with Crippen LogP contribution in [0.4, 0.5) is 0 Å². The van der Waals surface area contributed by atoms with Gasteiger partial charge < -0.3 is 15.2 Å². The van der Waals surface area contributed by atoms with E-state index in [2.05, 4.69) is 22.2 Å². The number of unbranched alkanes of at least 4 members (excludes halogenated alkanes) is 4. The monoisotopic (exact) mass is 551 g/mol. The molecule has 0 spiro atoms. The van der Waals surface area contributed by atoms with Crippen LogP contribution in [-0.4, -0.2) is 39.6 Å². The van der Waals surface area contributed by atoms with E-state index in [4.69, 9.17) is 4.74 Å². The molecule has 1 heterocycles. The molecular formula is C34H37N3O4. The van der Waals surface area contributed by atoms with Gasteiger partial charge in [-0.3, -0.25) is 4.79 Å². The minimum absolute atomic E-state index is 0.158. The van der Waals surface area contributed by atoms with Gasteiger partial charge in [0.2, 0.25) is 0 Å². The number of benzene rings is 3. The molecule has 0 aliphatic rings. The molecule has 7 heteroatoms. The fourth-order valence-electron chi connectivity index (χ4n) is 4.52. The molecule has 1 amide bonds. The van der Waals surface area contributed by atoms with Crippen molar-refractivity contribution in [3.8, 4) is 28.3 Å². The Morgan fingerprint density at radius 2 is 1.54 bits per heavy atom. The Kier molecular flexibility index (Phi) is 10.6. The van der Waals surface area contributed by atoms with Gasteiger partial charge in [-0.2, -0.15) is 0 Å². The molecule has 0 fully saturated rings. The Morgan fingerprint density at radius 3 is 2.20 bits per heavy atom. The van der Waals surface area contributed by atoms with Crippen LogP contribution in [0.15, 0.2) is 85.2 Å². The summed E-state index contributed by atoms with van der Waals surface area (Å²) in [6.07, 6.45) is 9.81. The third kappa shape index (κ3) is 8.73. The molecule has 1 aromatic heterocycles. The van der Waals surface area contributed by atoms with Crippen molar-refractivity contribution in [2.75, 3.05) is 6.61 Å². The Balaban J connectivity index is 1.33. The molecule has 0 aliphatic heterocycles. The molecular weight excluding hydrogens is 514 g/mol. The largest absolute Gasteiger partial charge is 0.494 e. The Hall–Kier alpha value is -4.52. The van der Waals surface area contributed by atoms with Gasteiger partial charge in [0.1, 0.15) is 11.8 Å². The van der Waals surface area contributed by atoms with Crippen LogP contribution in [0.1, 0.15) is 60.5 Å². The van der Waals surface area contributed by atoms with Crippen LogP contribution in [0.5, 0.6) is 5.75 Å². The molecule has 0 aliphatic carbocycles. The third-order valence-corrected chi connectivity index (χ3v) is 6.89. The summed E-state index contributed by atoms with van der Waals surface area (Å²) < 4.78 is 5.86. The number of aromatic nitrogens is 2. The van der Waals surface area contributed by atoms with Crippen molar-refractivity contribution in [2.45, 2.75) is 58.4 Å². The fraction of sp³-hybridized carbons (Fsp3) is 0.294. The Morgan fingerprint density at radius 1 is 0.854 bits per heavy atom. The maximum Gasteiger partial charge on any atom is 0.326 e. The van der Waals surface area contributed by atoms with Gasteiger partial charge in [0, 0.05) is 35.5 Å². The number of hydrogen-bond donors (Lipinski definition) is 2. The molecule has 0 unspecified atom stereocenters. The van der Waals surface area contributed by atoms with E-state index >= 15 is 0 Å². The minimum Gasteiger partial charge on any atom is -0.494 e. The van der Waals surface area contributed by atoms with E-state index in [0.717, 1.165) is 46.6 Å². The number of carbonyl (C=O) groups excluding carboxylic acids is 1. The molecule has 4 rings (SSSR count). The minimum atomic E-state index is -1.09. The van der Waals surface area contributed by atoms with Crippen molar-refractivity contribution in [2.24, 2.45) is 0 Å². The fourth-order valence-corrected chi connectivity index (χ4v) is 4.52. The first-order valence-electron chi connectivity index (χ1n) is 14.2. The number of rotatable bonds is 14. The number of aliphatic carboxylic acids is 1. The normalized spacial score (nSPS) is 11.6. The van der Waals surface area contributed by atoms with Gasteiger partial charge in [-0.1, -0.05) is 86.7 Å². The van der Waals surface area contributed by atoms with Gasteiger partial charge in [-0.15, -0.1) is 0 Å². The van der Waals surface area contributed by atoms with Crippen molar-refractivity contribution < 1.29 is 19.4 Å². The second-order valence-electron chi connectivity index (χ2n) is 10.2. The number of carboxylic acid groups (broad SMARTS) is 1. The zero-order chi connectivity index (χ0) is 29.0. The van der Waals surface area contributed by atoms with E-state index in [-0.39, 0.29) is 6.42 Å². The highest BCUT2D eigenvalue weighted by atomic mass is 16.5. The summed E-state index contributed by atoms with van der Waals surface area (Å²) in [5, 5.41) is 12.3. The second-order valence-corrected chi connectivity index (χ2v) is 10.2. The number of hydrogen-bond acceptors (Lipinski definition) is 5. The average Bonchev–Trinajstić information content (AvgIpc) is 2.99. The third-order valence-electron chi connectivity index (χ3n) is 6.89. The van der Waals surface area contributed by atoms with Gasteiger partial charge in [0.05, 0.1) is 6.61 Å². The zero-order valence-corrected chi connectivity index (χ0v) is 23.7. The van der Waals surface area contributed by atoms with Crippen molar-refractivity contribution in [3.05, 3.63) is 102 Å². The first-order valence-corrected chi connectivity index (χ1v) is 14.2. The smallest absolute Gasteiger partial charge is 0.326 e. The van der Waals surface area contributed by atoms with E-state index < -0.39 is 17.9 Å². The summed E-state index contributed by atoms with van der Waals surface area (Å²) in [6, 6.07) is 21.4. The molecule has 41 heavy (non-hydrogen) atoms. The highest BCUT2D eigenvalue weighted by Crippen LogP contribution is 2.24. The summed E-state index contributed by atoms with van der Waals surface area (Å²) in [4.78, 5) is 33.5. The second kappa shape index (κ2) is 14.7. The zero-order valence-electron chi connectivity index (χ0n) is 23.7. The molecule has 0 radical (unpaired) electrons. The van der Waals surface area contributed by atoms with E-state index in [9.17, 15) is 14.7 Å². The average molecular weight is 552 g/mol. The predicted octanol–water partition coefficient (Wildman–Crippen LogP) is 6.89. The number of aryl methyl sites for hydroxylation is 1. The number of carboxylic acids is 1. The van der Waals surface area contributed by atoms with Crippen LogP contribution in [0.25, 0.3) is 22.5 Å². The van der Waals surface area contributed by atoms with E-state index in [1.165, 1.54) is 25.7 Å². The maximum atomic E-state index is 12.6. The molecule has 0 saturated carbocycles. The highest BCUT2D eigenvalue weighted by Gasteiger charge is 2.21. The summed E-state index contributed by atoms with van der Waals surface area (Å²) in [5.41, 5.74) is 4.88. The topological polar surface area (TPSA) is 101 Å². The first-order chi connectivity index (χ1) is 19.9. The lowest BCUT2D eigenvalue weighted by Gasteiger charge is -2.15. The van der Waals surface area contributed by atoms with Gasteiger partial charge >= 0.3 is 5.97 Å². The van der Waals surface area contributed by atoms with E-state index in [1.54, 1.807) is 30.6 Å².